The van der Waals surface area contributed by atoms with Gasteiger partial charge < -0.3 is 14.8 Å². The quantitative estimate of drug-likeness (QED) is 0.454. The molecule has 2 aliphatic rings. The Morgan fingerprint density at radius 1 is 1.00 bits per heavy atom. The molecule has 32 heavy (non-hydrogen) atoms. The van der Waals surface area contributed by atoms with Crippen molar-refractivity contribution < 1.29 is 9.47 Å². The van der Waals surface area contributed by atoms with Crippen LogP contribution in [0.25, 0.3) is 5.70 Å². The van der Waals surface area contributed by atoms with Crippen LogP contribution in [-0.2, 0) is 0 Å². The lowest BCUT2D eigenvalue weighted by atomic mass is 9.84. The monoisotopic (exact) mass is 442 g/mol. The van der Waals surface area contributed by atoms with Crippen molar-refractivity contribution in [1.29, 1.82) is 0 Å². The number of halogens is 1. The predicted molar refractivity (Wildman–Crippen MR) is 123 cm³/mol. The number of fused-ring (bicyclic) bond motifs is 3. The molecular formula is C25H19ClN4O2. The van der Waals surface area contributed by atoms with Gasteiger partial charge in [-0.2, -0.15) is 10.1 Å². The van der Waals surface area contributed by atoms with Gasteiger partial charge >= 0.3 is 0 Å². The fourth-order valence-corrected chi connectivity index (χ4v) is 4.71. The molecular weight excluding hydrogens is 424 g/mol. The van der Waals surface area contributed by atoms with Gasteiger partial charge in [-0.3, -0.25) is 0 Å². The highest BCUT2D eigenvalue weighted by Crippen LogP contribution is 2.51. The molecule has 7 heteroatoms. The minimum absolute atomic E-state index is 0.232. The SMILES string of the molecule is COc1ccc(C2C3=C(Nc4ncnn42)c2ccccc2OC3c2ccccc2Cl)cc1. The van der Waals surface area contributed by atoms with Gasteiger partial charge in [0.25, 0.3) is 0 Å². The lowest BCUT2D eigenvalue weighted by Gasteiger charge is -2.39. The second-order valence-corrected chi connectivity index (χ2v) is 8.08. The number of aromatic nitrogens is 3. The minimum atomic E-state index is -0.398. The number of benzene rings is 3. The maximum atomic E-state index is 6.65. The number of methoxy groups -OCH3 is 1. The average molecular weight is 443 g/mol. The second-order valence-electron chi connectivity index (χ2n) is 7.67. The van der Waals surface area contributed by atoms with E-state index in [1.165, 1.54) is 0 Å². The number of nitrogens with zero attached hydrogens (tertiary/aromatic N) is 3. The van der Waals surface area contributed by atoms with Gasteiger partial charge in [0.05, 0.1) is 12.8 Å². The van der Waals surface area contributed by atoms with Gasteiger partial charge in [0.15, 0.2) is 6.10 Å². The fourth-order valence-electron chi connectivity index (χ4n) is 4.47. The molecule has 1 N–H and O–H groups in total. The van der Waals surface area contributed by atoms with Crippen LogP contribution in [-0.4, -0.2) is 21.9 Å². The molecule has 0 saturated carbocycles. The first-order chi connectivity index (χ1) is 15.7. The van der Waals surface area contributed by atoms with Crippen LogP contribution in [0, 0.1) is 0 Å². The van der Waals surface area contributed by atoms with Crippen molar-refractivity contribution in [1.82, 2.24) is 14.8 Å². The maximum absolute atomic E-state index is 6.65. The van der Waals surface area contributed by atoms with Gasteiger partial charge in [0.1, 0.15) is 23.9 Å². The highest BCUT2D eigenvalue weighted by molar-refractivity contribution is 6.31. The van der Waals surface area contributed by atoms with Gasteiger partial charge in [-0.25, -0.2) is 4.68 Å². The van der Waals surface area contributed by atoms with Crippen LogP contribution in [0.1, 0.15) is 28.8 Å². The van der Waals surface area contributed by atoms with E-state index < -0.39 is 6.10 Å². The van der Waals surface area contributed by atoms with Crippen molar-refractivity contribution in [3.63, 3.8) is 0 Å². The summed E-state index contributed by atoms with van der Waals surface area (Å²) in [5.41, 5.74) is 4.93. The molecule has 1 aromatic heterocycles. The molecule has 2 unspecified atom stereocenters. The lowest BCUT2D eigenvalue weighted by molar-refractivity contribution is 0.223. The zero-order valence-corrected chi connectivity index (χ0v) is 18.0. The highest BCUT2D eigenvalue weighted by Gasteiger charge is 2.41. The summed E-state index contributed by atoms with van der Waals surface area (Å²) in [7, 11) is 1.66. The van der Waals surface area contributed by atoms with Crippen LogP contribution in [0.3, 0.4) is 0 Å². The molecule has 3 heterocycles. The van der Waals surface area contributed by atoms with Gasteiger partial charge in [-0.1, -0.05) is 54.1 Å². The van der Waals surface area contributed by atoms with Crippen molar-refractivity contribution >= 4 is 23.2 Å². The summed E-state index contributed by atoms with van der Waals surface area (Å²) < 4.78 is 13.8. The first-order valence-corrected chi connectivity index (χ1v) is 10.7. The van der Waals surface area contributed by atoms with E-state index in [0.29, 0.717) is 11.0 Å². The summed E-state index contributed by atoms with van der Waals surface area (Å²) in [6.45, 7) is 0. The molecule has 2 aliphatic heterocycles. The van der Waals surface area contributed by atoms with Crippen LogP contribution < -0.4 is 14.8 Å². The summed E-state index contributed by atoms with van der Waals surface area (Å²) in [6, 6.07) is 23.6. The largest absolute Gasteiger partial charge is 0.497 e. The van der Waals surface area contributed by atoms with E-state index in [4.69, 9.17) is 21.1 Å². The molecule has 6 nitrogen and oxygen atoms in total. The molecule has 0 aliphatic carbocycles. The van der Waals surface area contributed by atoms with Crippen molar-refractivity contribution in [2.24, 2.45) is 0 Å². The molecule has 158 valence electrons. The number of hydrogen-bond donors (Lipinski definition) is 1. The Labute approximate surface area is 190 Å². The van der Waals surface area contributed by atoms with Crippen molar-refractivity contribution in [3.8, 4) is 11.5 Å². The van der Waals surface area contributed by atoms with E-state index >= 15 is 0 Å². The molecule has 0 fully saturated rings. The Morgan fingerprint density at radius 3 is 2.59 bits per heavy atom. The first-order valence-electron chi connectivity index (χ1n) is 10.3. The van der Waals surface area contributed by atoms with Crippen LogP contribution in [0.4, 0.5) is 5.95 Å². The van der Waals surface area contributed by atoms with E-state index in [2.05, 4.69) is 33.6 Å². The Balaban J connectivity index is 1.62. The lowest BCUT2D eigenvalue weighted by Crippen LogP contribution is -2.32. The van der Waals surface area contributed by atoms with Gasteiger partial charge in [-0.15, -0.1) is 0 Å². The third kappa shape index (κ3) is 2.87. The highest BCUT2D eigenvalue weighted by atomic mass is 35.5. The van der Waals surface area contributed by atoms with Crippen molar-refractivity contribution in [2.45, 2.75) is 12.1 Å². The summed E-state index contributed by atoms with van der Waals surface area (Å²) >= 11 is 6.65. The number of rotatable bonds is 3. The molecule has 0 amide bonds. The van der Waals surface area contributed by atoms with Gasteiger partial charge in [0, 0.05) is 21.7 Å². The fraction of sp³-hybridized carbons (Fsp3) is 0.120. The summed E-state index contributed by atoms with van der Waals surface area (Å²) in [5, 5.41) is 8.70. The smallest absolute Gasteiger partial charge is 0.226 e. The number of ether oxygens (including phenoxy) is 2. The Kier molecular flexibility index (Phi) is 4.40. The van der Waals surface area contributed by atoms with Crippen LogP contribution in [0.15, 0.2) is 84.7 Å². The van der Waals surface area contributed by atoms with E-state index in [0.717, 1.165) is 39.5 Å². The molecule has 4 aromatic rings. The van der Waals surface area contributed by atoms with E-state index in [1.54, 1.807) is 13.4 Å². The van der Waals surface area contributed by atoms with E-state index in [9.17, 15) is 0 Å². The Morgan fingerprint density at radius 2 is 1.78 bits per heavy atom. The zero-order valence-electron chi connectivity index (χ0n) is 17.2. The molecule has 3 aromatic carbocycles. The van der Waals surface area contributed by atoms with E-state index in [-0.39, 0.29) is 6.04 Å². The molecule has 2 atom stereocenters. The van der Waals surface area contributed by atoms with Gasteiger partial charge in [-0.05, 0) is 35.9 Å². The second kappa shape index (κ2) is 7.43. The molecule has 0 saturated heterocycles. The number of para-hydroxylation sites is 1. The molecule has 0 spiro atoms. The van der Waals surface area contributed by atoms with Crippen molar-refractivity contribution in [2.75, 3.05) is 12.4 Å². The normalized spacial score (nSPS) is 18.7. The number of nitrogens with one attached hydrogen (secondary N) is 1. The van der Waals surface area contributed by atoms with Crippen LogP contribution >= 0.6 is 11.6 Å². The number of hydrogen-bond acceptors (Lipinski definition) is 5. The Hall–Kier alpha value is -3.77. The molecule has 0 radical (unpaired) electrons. The summed E-state index contributed by atoms with van der Waals surface area (Å²) in [6.07, 6.45) is 1.17. The third-order valence-electron chi connectivity index (χ3n) is 5.94. The van der Waals surface area contributed by atoms with Gasteiger partial charge in [0.2, 0.25) is 5.95 Å². The average Bonchev–Trinajstić information content (AvgIpc) is 3.31. The number of anilines is 1. The zero-order chi connectivity index (χ0) is 21.7. The molecule has 0 bridgehead atoms. The van der Waals surface area contributed by atoms with Crippen molar-refractivity contribution in [3.05, 3.63) is 106 Å². The first kappa shape index (κ1) is 19.0. The topological polar surface area (TPSA) is 61.2 Å². The predicted octanol–water partition coefficient (Wildman–Crippen LogP) is 5.50. The maximum Gasteiger partial charge on any atom is 0.226 e. The Bertz CT molecular complexity index is 1350. The van der Waals surface area contributed by atoms with E-state index in [1.807, 2.05) is 59.3 Å². The summed E-state index contributed by atoms with van der Waals surface area (Å²) in [5.74, 6) is 2.27. The minimum Gasteiger partial charge on any atom is -0.497 e. The molecule has 6 rings (SSSR count). The third-order valence-corrected chi connectivity index (χ3v) is 6.28. The van der Waals surface area contributed by atoms with Crippen LogP contribution in [0.5, 0.6) is 11.5 Å². The van der Waals surface area contributed by atoms with Crippen LogP contribution in [0.2, 0.25) is 5.02 Å². The standard InChI is InChI=1S/C25H19ClN4O2/c1-31-16-12-10-15(11-13-16)23-21-22(29-25-27-14-28-30(23)25)18-7-3-5-9-20(18)32-24(21)17-6-2-4-8-19(17)26/h2-14,23-24H,1H3,(H,27,28,29). The summed E-state index contributed by atoms with van der Waals surface area (Å²) in [4.78, 5) is 4.46.